The second kappa shape index (κ2) is 5.22. The van der Waals surface area contributed by atoms with Crippen LogP contribution in [0.4, 0.5) is 11.6 Å². The summed E-state index contributed by atoms with van der Waals surface area (Å²) in [7, 11) is 0. The molecule has 3 rings (SSSR count). The van der Waals surface area contributed by atoms with Crippen molar-refractivity contribution >= 4 is 34.6 Å². The van der Waals surface area contributed by atoms with Crippen molar-refractivity contribution in [2.24, 2.45) is 0 Å². The van der Waals surface area contributed by atoms with Gasteiger partial charge in [0.25, 0.3) is 5.69 Å². The fraction of sp³-hybridized carbons (Fsp3) is 0. The molecule has 0 aliphatic rings. The molecule has 0 aliphatic carbocycles. The molecule has 20 heavy (non-hydrogen) atoms. The Bertz CT molecular complexity index is 739. The molecule has 0 fully saturated rings. The van der Waals surface area contributed by atoms with Crippen molar-refractivity contribution in [3.8, 4) is 0 Å². The zero-order chi connectivity index (χ0) is 13.9. The smallest absolute Gasteiger partial charge is 0.270 e. The number of non-ortho nitro benzene ring substituents is 1. The Kier molecular flexibility index (Phi) is 3.26. The minimum Gasteiger partial charge on any atom is -0.323 e. The van der Waals surface area contributed by atoms with Crippen molar-refractivity contribution in [3.05, 3.63) is 58.6 Å². The Morgan fingerprint density at radius 3 is 2.85 bits per heavy atom. The van der Waals surface area contributed by atoms with Gasteiger partial charge in [0.15, 0.2) is 0 Å². The molecule has 0 amide bonds. The Balaban J connectivity index is 1.75. The Morgan fingerprint density at radius 1 is 1.20 bits per heavy atom. The van der Waals surface area contributed by atoms with Gasteiger partial charge in [-0.05, 0) is 30.1 Å². The highest BCUT2D eigenvalue weighted by Crippen LogP contribution is 2.24. The van der Waals surface area contributed by atoms with Gasteiger partial charge in [-0.25, -0.2) is 4.98 Å². The average Bonchev–Trinajstić information content (AvgIpc) is 2.88. The lowest BCUT2D eigenvalue weighted by Gasteiger charge is -2.01. The molecule has 3 aromatic rings. The van der Waals surface area contributed by atoms with Crippen LogP contribution in [0.3, 0.4) is 0 Å². The van der Waals surface area contributed by atoms with E-state index in [1.54, 1.807) is 12.1 Å². The summed E-state index contributed by atoms with van der Waals surface area (Å²) in [6, 6.07) is 14.1. The standard InChI is InChI=1S/C13H10N4O2S/c18-17(19)9-4-3-5-10(8-9)20-16-13-14-11-6-1-2-7-12(11)15-13/h1-8H,(H2,14,15,16). The molecule has 100 valence electrons. The van der Waals surface area contributed by atoms with Crippen LogP contribution >= 0.6 is 11.9 Å². The fourth-order valence-corrected chi connectivity index (χ4v) is 2.41. The fourth-order valence-electron chi connectivity index (χ4n) is 1.77. The average molecular weight is 286 g/mol. The first-order valence-corrected chi connectivity index (χ1v) is 6.66. The summed E-state index contributed by atoms with van der Waals surface area (Å²) in [6.45, 7) is 0. The largest absolute Gasteiger partial charge is 0.323 e. The molecule has 0 radical (unpaired) electrons. The molecule has 0 saturated heterocycles. The van der Waals surface area contributed by atoms with E-state index in [1.165, 1.54) is 24.1 Å². The maximum atomic E-state index is 10.7. The summed E-state index contributed by atoms with van der Waals surface area (Å²) in [4.78, 5) is 18.5. The molecule has 2 aromatic carbocycles. The van der Waals surface area contributed by atoms with Gasteiger partial charge < -0.3 is 4.98 Å². The lowest BCUT2D eigenvalue weighted by molar-refractivity contribution is -0.385. The number of nitrogens with zero attached hydrogens (tertiary/aromatic N) is 2. The van der Waals surface area contributed by atoms with E-state index in [0.717, 1.165) is 15.9 Å². The number of aromatic amines is 1. The van der Waals surface area contributed by atoms with Gasteiger partial charge in [0.05, 0.1) is 16.0 Å². The van der Waals surface area contributed by atoms with E-state index in [4.69, 9.17) is 0 Å². The molecule has 1 aromatic heterocycles. The minimum absolute atomic E-state index is 0.0707. The number of anilines is 1. The molecule has 0 saturated carbocycles. The van der Waals surface area contributed by atoms with E-state index in [0.29, 0.717) is 5.95 Å². The lowest BCUT2D eigenvalue weighted by Crippen LogP contribution is -1.91. The van der Waals surface area contributed by atoms with Crippen LogP contribution in [0, 0.1) is 10.1 Å². The highest BCUT2D eigenvalue weighted by molar-refractivity contribution is 8.00. The van der Waals surface area contributed by atoms with E-state index in [1.807, 2.05) is 24.3 Å². The molecule has 0 atom stereocenters. The first-order valence-electron chi connectivity index (χ1n) is 5.84. The van der Waals surface area contributed by atoms with Crippen LogP contribution in [-0.4, -0.2) is 14.9 Å². The number of hydrogen-bond donors (Lipinski definition) is 2. The van der Waals surface area contributed by atoms with Gasteiger partial charge in [-0.1, -0.05) is 18.2 Å². The van der Waals surface area contributed by atoms with Crippen molar-refractivity contribution in [1.82, 2.24) is 9.97 Å². The number of benzene rings is 2. The molecule has 2 N–H and O–H groups in total. The monoisotopic (exact) mass is 286 g/mol. The summed E-state index contributed by atoms with van der Waals surface area (Å²) in [5.41, 5.74) is 1.88. The van der Waals surface area contributed by atoms with Gasteiger partial charge in [-0.2, -0.15) is 0 Å². The van der Waals surface area contributed by atoms with Gasteiger partial charge in [0.1, 0.15) is 0 Å². The second-order valence-electron chi connectivity index (χ2n) is 4.06. The van der Waals surface area contributed by atoms with E-state index < -0.39 is 4.92 Å². The normalized spacial score (nSPS) is 10.6. The van der Waals surface area contributed by atoms with Gasteiger partial charge in [0, 0.05) is 17.0 Å². The maximum absolute atomic E-state index is 10.7. The van der Waals surface area contributed by atoms with Crippen molar-refractivity contribution in [2.45, 2.75) is 4.90 Å². The van der Waals surface area contributed by atoms with E-state index in [9.17, 15) is 10.1 Å². The number of H-pyrrole nitrogens is 1. The van der Waals surface area contributed by atoms with Crippen molar-refractivity contribution in [3.63, 3.8) is 0 Å². The first-order chi connectivity index (χ1) is 9.72. The highest BCUT2D eigenvalue weighted by Gasteiger charge is 2.07. The van der Waals surface area contributed by atoms with Crippen molar-refractivity contribution in [1.29, 1.82) is 0 Å². The zero-order valence-electron chi connectivity index (χ0n) is 10.2. The number of para-hydroxylation sites is 2. The van der Waals surface area contributed by atoms with Crippen LogP contribution in [0.15, 0.2) is 53.4 Å². The predicted molar refractivity (Wildman–Crippen MR) is 78.7 cm³/mol. The number of nitro benzene ring substituents is 1. The number of rotatable bonds is 4. The number of imidazole rings is 1. The van der Waals surface area contributed by atoms with Gasteiger partial charge in [0.2, 0.25) is 5.95 Å². The third kappa shape index (κ3) is 2.57. The maximum Gasteiger partial charge on any atom is 0.270 e. The van der Waals surface area contributed by atoms with Gasteiger partial charge in [-0.15, -0.1) is 0 Å². The number of hydrogen-bond acceptors (Lipinski definition) is 5. The van der Waals surface area contributed by atoms with E-state index >= 15 is 0 Å². The predicted octanol–water partition coefficient (Wildman–Crippen LogP) is 3.59. The summed E-state index contributed by atoms with van der Waals surface area (Å²) in [6.07, 6.45) is 0. The van der Waals surface area contributed by atoms with Crippen LogP contribution in [0.25, 0.3) is 11.0 Å². The molecule has 0 unspecified atom stereocenters. The van der Waals surface area contributed by atoms with Gasteiger partial charge >= 0.3 is 0 Å². The molecular formula is C13H10N4O2S. The summed E-state index contributed by atoms with van der Waals surface area (Å²) < 4.78 is 3.04. The number of nitro groups is 1. The minimum atomic E-state index is -0.411. The Hall–Kier alpha value is -2.54. The zero-order valence-corrected chi connectivity index (χ0v) is 11.1. The Morgan fingerprint density at radius 2 is 2.05 bits per heavy atom. The van der Waals surface area contributed by atoms with Gasteiger partial charge in [-0.3, -0.25) is 14.8 Å². The third-order valence-electron chi connectivity index (χ3n) is 2.68. The third-order valence-corrected chi connectivity index (χ3v) is 3.47. The summed E-state index contributed by atoms with van der Waals surface area (Å²) in [5.74, 6) is 0.614. The quantitative estimate of drug-likeness (QED) is 0.435. The lowest BCUT2D eigenvalue weighted by atomic mass is 10.3. The number of aromatic nitrogens is 2. The molecule has 0 spiro atoms. The highest BCUT2D eigenvalue weighted by atomic mass is 32.2. The van der Waals surface area contributed by atoms with Crippen LogP contribution in [0.1, 0.15) is 0 Å². The van der Waals surface area contributed by atoms with Crippen LogP contribution in [-0.2, 0) is 0 Å². The second-order valence-corrected chi connectivity index (χ2v) is 4.94. The Labute approximate surface area is 118 Å². The van der Waals surface area contributed by atoms with Crippen molar-refractivity contribution in [2.75, 3.05) is 4.72 Å². The number of nitrogens with one attached hydrogen (secondary N) is 2. The van der Waals surface area contributed by atoms with Crippen molar-refractivity contribution < 1.29 is 4.92 Å². The summed E-state index contributed by atoms with van der Waals surface area (Å²) in [5, 5.41) is 10.7. The van der Waals surface area contributed by atoms with Crippen LogP contribution < -0.4 is 4.72 Å². The summed E-state index contributed by atoms with van der Waals surface area (Å²) >= 11 is 1.27. The topological polar surface area (TPSA) is 83.8 Å². The molecule has 0 bridgehead atoms. The molecule has 6 nitrogen and oxygen atoms in total. The SMILES string of the molecule is O=[N+]([O-])c1cccc(SNc2nc3ccccc3[nH]2)c1. The van der Waals surface area contributed by atoms with Crippen LogP contribution in [0.5, 0.6) is 0 Å². The van der Waals surface area contributed by atoms with E-state index in [2.05, 4.69) is 14.7 Å². The van der Waals surface area contributed by atoms with Crippen LogP contribution in [0.2, 0.25) is 0 Å². The molecule has 7 heteroatoms. The number of fused-ring (bicyclic) bond motifs is 1. The molecule has 0 aliphatic heterocycles. The molecule has 1 heterocycles. The molecular weight excluding hydrogens is 276 g/mol. The van der Waals surface area contributed by atoms with E-state index in [-0.39, 0.29) is 5.69 Å². The first kappa shape index (κ1) is 12.5.